The molecule has 1 rings (SSSR count). The lowest BCUT2D eigenvalue weighted by Crippen LogP contribution is -2.31. The van der Waals surface area contributed by atoms with Crippen LogP contribution in [-0.4, -0.2) is 35.7 Å². The van der Waals surface area contributed by atoms with Gasteiger partial charge in [0.15, 0.2) is 0 Å². The Morgan fingerprint density at radius 1 is 1.24 bits per heavy atom. The van der Waals surface area contributed by atoms with Gasteiger partial charge in [0.05, 0.1) is 12.3 Å². The lowest BCUT2D eigenvalue weighted by molar-refractivity contribution is 0.395. The largest absolute Gasteiger partial charge is 0.447 e. The third-order valence-electron chi connectivity index (χ3n) is 2.43. The number of hydrogen-bond donors (Lipinski definition) is 3. The van der Waals surface area contributed by atoms with E-state index in [-0.39, 0.29) is 11.6 Å². The van der Waals surface area contributed by atoms with Crippen molar-refractivity contribution >= 4 is 20.0 Å². The van der Waals surface area contributed by atoms with Crippen LogP contribution in [0.4, 0.5) is 0 Å². The molecule has 0 aliphatic carbocycles. The predicted molar refractivity (Wildman–Crippen MR) is 78.4 cm³/mol. The summed E-state index contributed by atoms with van der Waals surface area (Å²) in [5, 5.41) is 7.67. The van der Waals surface area contributed by atoms with Crippen molar-refractivity contribution in [3.05, 3.63) is 17.9 Å². The minimum absolute atomic E-state index is 0.252. The van der Waals surface area contributed by atoms with Gasteiger partial charge in [-0.1, -0.05) is 13.8 Å². The van der Waals surface area contributed by atoms with Gasteiger partial charge in [0, 0.05) is 6.54 Å². The highest BCUT2D eigenvalue weighted by Gasteiger charge is 2.19. The molecule has 0 atom stereocenters. The maximum absolute atomic E-state index is 11.9. The molecule has 0 saturated heterocycles. The van der Waals surface area contributed by atoms with E-state index in [1.165, 1.54) is 6.07 Å². The monoisotopic (exact) mass is 339 g/mol. The van der Waals surface area contributed by atoms with Gasteiger partial charge in [-0.05, 0) is 24.6 Å². The lowest BCUT2D eigenvalue weighted by Gasteiger charge is -2.05. The second-order valence-corrected chi connectivity index (χ2v) is 8.44. The van der Waals surface area contributed by atoms with Crippen molar-refractivity contribution in [2.45, 2.75) is 25.5 Å². The molecule has 8 nitrogen and oxygen atoms in total. The number of rotatable bonds is 9. The van der Waals surface area contributed by atoms with Crippen LogP contribution in [-0.2, 0) is 26.6 Å². The van der Waals surface area contributed by atoms with Crippen LogP contribution in [0.25, 0.3) is 0 Å². The fraction of sp³-hybridized carbons (Fsp3) is 0.636. The molecule has 122 valence electrons. The van der Waals surface area contributed by atoms with Crippen LogP contribution < -0.4 is 15.2 Å². The predicted octanol–water partition coefficient (Wildman–Crippen LogP) is -0.408. The summed E-state index contributed by atoms with van der Waals surface area (Å²) in [6.07, 6.45) is 0. The molecule has 1 aromatic heterocycles. The van der Waals surface area contributed by atoms with Crippen LogP contribution in [0.2, 0.25) is 0 Å². The molecule has 0 aromatic carbocycles. The van der Waals surface area contributed by atoms with E-state index in [1.807, 2.05) is 0 Å². The van der Waals surface area contributed by atoms with Crippen molar-refractivity contribution in [1.29, 1.82) is 0 Å². The third kappa shape index (κ3) is 7.05. The molecule has 1 aromatic rings. The van der Waals surface area contributed by atoms with E-state index in [9.17, 15) is 16.8 Å². The number of sulfonamides is 2. The standard InChI is InChI=1S/C11H21N3O5S2/c1-9(2)7-13-8-10-3-4-11(19-10)21(17,18)14-5-6-20(12,15)16/h3-4,9,13-14H,5-8H2,1-2H3,(H2,12,15,16). The average molecular weight is 339 g/mol. The molecular weight excluding hydrogens is 318 g/mol. The molecule has 1 heterocycles. The Morgan fingerprint density at radius 2 is 1.90 bits per heavy atom. The second kappa shape index (κ2) is 7.36. The molecule has 0 saturated carbocycles. The van der Waals surface area contributed by atoms with Gasteiger partial charge in [0.2, 0.25) is 15.1 Å². The Hall–Kier alpha value is -0.940. The van der Waals surface area contributed by atoms with Crippen LogP contribution in [0.15, 0.2) is 21.6 Å². The van der Waals surface area contributed by atoms with Crippen LogP contribution in [0.3, 0.4) is 0 Å². The Morgan fingerprint density at radius 3 is 2.48 bits per heavy atom. The van der Waals surface area contributed by atoms with Gasteiger partial charge in [-0.25, -0.2) is 26.7 Å². The van der Waals surface area contributed by atoms with E-state index in [0.717, 1.165) is 6.54 Å². The van der Waals surface area contributed by atoms with Crippen molar-refractivity contribution in [3.63, 3.8) is 0 Å². The second-order valence-electron chi connectivity index (χ2n) is 5.01. The van der Waals surface area contributed by atoms with E-state index in [2.05, 4.69) is 23.9 Å². The Bertz CT molecular complexity index is 649. The first-order valence-corrected chi connectivity index (χ1v) is 9.59. The quantitative estimate of drug-likeness (QED) is 0.560. The molecule has 0 aliphatic heterocycles. The van der Waals surface area contributed by atoms with Gasteiger partial charge in [0.1, 0.15) is 5.76 Å². The van der Waals surface area contributed by atoms with Crippen LogP contribution in [0.1, 0.15) is 19.6 Å². The van der Waals surface area contributed by atoms with E-state index < -0.39 is 25.8 Å². The Kier molecular flexibility index (Phi) is 6.35. The zero-order chi connectivity index (χ0) is 16.1. The highest BCUT2D eigenvalue weighted by atomic mass is 32.2. The Labute approximate surface area is 125 Å². The lowest BCUT2D eigenvalue weighted by atomic mass is 10.2. The molecule has 0 spiro atoms. The first-order valence-electron chi connectivity index (χ1n) is 6.40. The van der Waals surface area contributed by atoms with Gasteiger partial charge in [-0.2, -0.15) is 0 Å². The summed E-state index contributed by atoms with van der Waals surface area (Å²) in [5.41, 5.74) is 0. The molecule has 0 unspecified atom stereocenters. The van der Waals surface area contributed by atoms with Crippen molar-refractivity contribution in [2.24, 2.45) is 11.1 Å². The van der Waals surface area contributed by atoms with E-state index >= 15 is 0 Å². The normalized spacial score (nSPS) is 13.0. The number of nitrogens with one attached hydrogen (secondary N) is 2. The molecular formula is C11H21N3O5S2. The van der Waals surface area contributed by atoms with Gasteiger partial charge in [-0.15, -0.1) is 0 Å². The fourth-order valence-electron chi connectivity index (χ4n) is 1.47. The zero-order valence-electron chi connectivity index (χ0n) is 12.0. The molecule has 0 radical (unpaired) electrons. The summed E-state index contributed by atoms with van der Waals surface area (Å²) >= 11 is 0. The smallest absolute Gasteiger partial charge is 0.273 e. The summed E-state index contributed by atoms with van der Waals surface area (Å²) in [6.45, 7) is 5.02. The van der Waals surface area contributed by atoms with E-state index in [1.54, 1.807) is 6.07 Å². The molecule has 10 heteroatoms. The topological polar surface area (TPSA) is 132 Å². The molecule has 0 amide bonds. The fourth-order valence-corrected chi connectivity index (χ4v) is 2.96. The van der Waals surface area contributed by atoms with Crippen molar-refractivity contribution in [1.82, 2.24) is 10.0 Å². The first kappa shape index (κ1) is 18.1. The van der Waals surface area contributed by atoms with Gasteiger partial charge >= 0.3 is 0 Å². The minimum atomic E-state index is -3.87. The number of furan rings is 1. The van der Waals surface area contributed by atoms with Gasteiger partial charge in [0.25, 0.3) is 10.0 Å². The maximum atomic E-state index is 11.9. The van der Waals surface area contributed by atoms with Gasteiger partial charge < -0.3 is 9.73 Å². The number of primary sulfonamides is 1. The van der Waals surface area contributed by atoms with Crippen LogP contribution in [0.5, 0.6) is 0 Å². The van der Waals surface area contributed by atoms with Crippen LogP contribution >= 0.6 is 0 Å². The van der Waals surface area contributed by atoms with Crippen LogP contribution in [0, 0.1) is 5.92 Å². The molecule has 0 bridgehead atoms. The highest BCUT2D eigenvalue weighted by Crippen LogP contribution is 2.13. The number of nitrogens with two attached hydrogens (primary N) is 1. The van der Waals surface area contributed by atoms with E-state index in [0.29, 0.717) is 18.2 Å². The third-order valence-corrected chi connectivity index (χ3v) is 4.54. The average Bonchev–Trinajstić information content (AvgIpc) is 2.75. The maximum Gasteiger partial charge on any atom is 0.273 e. The van der Waals surface area contributed by atoms with E-state index in [4.69, 9.17) is 9.56 Å². The summed E-state index contributed by atoms with van der Waals surface area (Å²) in [6, 6.07) is 2.88. The van der Waals surface area contributed by atoms with Gasteiger partial charge in [-0.3, -0.25) is 0 Å². The number of hydrogen-bond acceptors (Lipinski definition) is 6. The van der Waals surface area contributed by atoms with Crippen molar-refractivity contribution in [3.8, 4) is 0 Å². The summed E-state index contributed by atoms with van der Waals surface area (Å²) in [4.78, 5) is 0. The Balaban J connectivity index is 2.57. The summed E-state index contributed by atoms with van der Waals surface area (Å²) in [5.74, 6) is 0.487. The summed E-state index contributed by atoms with van der Waals surface area (Å²) < 4.78 is 52.5. The minimum Gasteiger partial charge on any atom is -0.447 e. The molecule has 0 fully saturated rings. The van der Waals surface area contributed by atoms with Crippen molar-refractivity contribution < 1.29 is 21.3 Å². The molecule has 4 N–H and O–H groups in total. The first-order chi connectivity index (χ1) is 9.60. The highest BCUT2D eigenvalue weighted by molar-refractivity contribution is 7.90. The molecule has 21 heavy (non-hydrogen) atoms. The summed E-state index contributed by atoms with van der Waals surface area (Å²) in [7, 11) is -7.58. The SMILES string of the molecule is CC(C)CNCc1ccc(S(=O)(=O)NCCS(N)(=O)=O)o1. The molecule has 0 aliphatic rings. The van der Waals surface area contributed by atoms with Crippen molar-refractivity contribution in [2.75, 3.05) is 18.8 Å². The zero-order valence-corrected chi connectivity index (χ0v) is 13.6.